The van der Waals surface area contributed by atoms with Crippen molar-refractivity contribution in [1.29, 1.82) is 0 Å². The minimum absolute atomic E-state index is 0.0356. The van der Waals surface area contributed by atoms with Crippen LogP contribution in [0.5, 0.6) is 0 Å². The van der Waals surface area contributed by atoms with E-state index in [4.69, 9.17) is 9.84 Å². The van der Waals surface area contributed by atoms with Gasteiger partial charge in [-0.3, -0.25) is 0 Å². The Hall–Kier alpha value is -1.64. The van der Waals surface area contributed by atoms with Crippen LogP contribution < -0.4 is 10.0 Å². The molecule has 0 heterocycles. The second-order valence-corrected chi connectivity index (χ2v) is 6.07. The molecule has 0 aliphatic carbocycles. The fraction of sp³-hybridized carbons (Fsp3) is 0.462. The lowest BCUT2D eigenvalue weighted by atomic mass is 10.3. The number of hydrogen-bond acceptors (Lipinski definition) is 5. The minimum atomic E-state index is -3.63. The molecule has 0 bridgehead atoms. The number of anilines is 1. The maximum Gasteiger partial charge on any atom is 0.334 e. The smallest absolute Gasteiger partial charge is 0.334 e. The third-order valence-corrected chi connectivity index (χ3v) is 4.28. The van der Waals surface area contributed by atoms with E-state index in [0.717, 1.165) is 0 Å². The molecule has 1 rings (SSSR count). The average Bonchev–Trinajstić information content (AvgIpc) is 2.46. The number of carboxylic acid groups (broad SMARTS) is 1. The van der Waals surface area contributed by atoms with Crippen LogP contribution in [0.3, 0.4) is 0 Å². The molecule has 1 atom stereocenters. The number of methoxy groups -OCH3 is 1. The number of aliphatic carboxylic acids is 1. The third kappa shape index (κ3) is 5.00. The number of rotatable bonds is 9. The molecule has 1 unspecified atom stereocenters. The highest BCUT2D eigenvalue weighted by molar-refractivity contribution is 7.89. The van der Waals surface area contributed by atoms with E-state index in [2.05, 4.69) is 10.0 Å². The summed E-state index contributed by atoms with van der Waals surface area (Å²) >= 11 is 0. The number of carboxylic acids is 1. The van der Waals surface area contributed by atoms with Crippen LogP contribution in [-0.4, -0.2) is 45.8 Å². The van der Waals surface area contributed by atoms with E-state index in [1.165, 1.54) is 13.2 Å². The van der Waals surface area contributed by atoms with E-state index in [9.17, 15) is 13.2 Å². The topological polar surface area (TPSA) is 105 Å². The fourth-order valence-corrected chi connectivity index (χ4v) is 2.95. The number of sulfonamides is 1. The second-order valence-electron chi connectivity index (χ2n) is 4.34. The predicted octanol–water partition coefficient (Wildman–Crippen LogP) is 0.886. The highest BCUT2D eigenvalue weighted by atomic mass is 32.2. The van der Waals surface area contributed by atoms with Gasteiger partial charge in [0.2, 0.25) is 10.0 Å². The lowest BCUT2D eigenvalue weighted by molar-refractivity contribution is -0.147. The largest absolute Gasteiger partial charge is 0.479 e. The van der Waals surface area contributed by atoms with Gasteiger partial charge < -0.3 is 15.2 Å². The van der Waals surface area contributed by atoms with Gasteiger partial charge in [0, 0.05) is 13.7 Å². The molecule has 0 spiro atoms. The van der Waals surface area contributed by atoms with E-state index in [-0.39, 0.29) is 11.4 Å². The number of ether oxygens (including phenoxy) is 1. The molecule has 118 valence electrons. The number of nitrogens with one attached hydrogen (secondary N) is 2. The molecule has 0 amide bonds. The van der Waals surface area contributed by atoms with E-state index < -0.39 is 22.1 Å². The van der Waals surface area contributed by atoms with Crippen LogP contribution in [0.2, 0.25) is 0 Å². The first-order valence-corrected chi connectivity index (χ1v) is 7.98. The maximum atomic E-state index is 12.2. The highest BCUT2D eigenvalue weighted by Gasteiger charge is 2.20. The van der Waals surface area contributed by atoms with E-state index >= 15 is 0 Å². The van der Waals surface area contributed by atoms with Gasteiger partial charge in [0.1, 0.15) is 4.90 Å². The van der Waals surface area contributed by atoms with Crippen molar-refractivity contribution in [3.05, 3.63) is 24.3 Å². The lowest BCUT2D eigenvalue weighted by Gasteiger charge is -2.15. The first-order chi connectivity index (χ1) is 9.92. The summed E-state index contributed by atoms with van der Waals surface area (Å²) in [5.41, 5.74) is 0.337. The van der Waals surface area contributed by atoms with Crippen molar-refractivity contribution in [1.82, 2.24) is 4.72 Å². The summed E-state index contributed by atoms with van der Waals surface area (Å²) in [6, 6.07) is 6.32. The Kier molecular flexibility index (Phi) is 6.60. The summed E-state index contributed by atoms with van der Waals surface area (Å²) in [6.45, 7) is 2.17. The molecule has 0 fully saturated rings. The van der Waals surface area contributed by atoms with Crippen molar-refractivity contribution in [3.63, 3.8) is 0 Å². The van der Waals surface area contributed by atoms with Crippen LogP contribution in [-0.2, 0) is 19.6 Å². The Morgan fingerprint density at radius 3 is 2.62 bits per heavy atom. The lowest BCUT2D eigenvalue weighted by Crippen LogP contribution is -2.31. The predicted molar refractivity (Wildman–Crippen MR) is 78.8 cm³/mol. The normalized spacial score (nSPS) is 12.9. The van der Waals surface area contributed by atoms with Gasteiger partial charge in [-0.1, -0.05) is 19.1 Å². The SMILES string of the molecule is CCCNS(=O)(=O)c1ccccc1NCC(OC)C(=O)O. The van der Waals surface area contributed by atoms with Crippen LogP contribution in [0.15, 0.2) is 29.2 Å². The van der Waals surface area contributed by atoms with E-state index in [1.54, 1.807) is 18.2 Å². The molecule has 0 saturated heterocycles. The number of hydrogen-bond donors (Lipinski definition) is 3. The molecular weight excluding hydrogens is 296 g/mol. The fourth-order valence-electron chi connectivity index (χ4n) is 1.64. The molecule has 8 heteroatoms. The summed E-state index contributed by atoms with van der Waals surface area (Å²) in [5, 5.41) is 11.7. The van der Waals surface area contributed by atoms with Gasteiger partial charge in [0.15, 0.2) is 6.10 Å². The Bertz CT molecular complexity index is 574. The summed E-state index contributed by atoms with van der Waals surface area (Å²) in [5.74, 6) is -1.12. The van der Waals surface area contributed by atoms with Gasteiger partial charge in [-0.25, -0.2) is 17.9 Å². The molecule has 1 aromatic carbocycles. The second kappa shape index (κ2) is 7.96. The van der Waals surface area contributed by atoms with E-state index in [1.807, 2.05) is 6.92 Å². The van der Waals surface area contributed by atoms with Gasteiger partial charge in [-0.15, -0.1) is 0 Å². The van der Waals surface area contributed by atoms with Crippen molar-refractivity contribution in [3.8, 4) is 0 Å². The van der Waals surface area contributed by atoms with Gasteiger partial charge in [0.25, 0.3) is 0 Å². The monoisotopic (exact) mass is 316 g/mol. The van der Waals surface area contributed by atoms with Gasteiger partial charge >= 0.3 is 5.97 Å². The van der Waals surface area contributed by atoms with Crippen molar-refractivity contribution in [2.24, 2.45) is 0 Å². The molecule has 7 nitrogen and oxygen atoms in total. The standard InChI is InChI=1S/C13H20N2O5S/c1-3-8-15-21(18,19)12-7-5-4-6-10(12)14-9-11(20-2)13(16)17/h4-7,11,14-15H,3,8-9H2,1-2H3,(H,16,17). The van der Waals surface area contributed by atoms with Crippen LogP contribution in [0, 0.1) is 0 Å². The zero-order chi connectivity index (χ0) is 15.9. The van der Waals surface area contributed by atoms with Crippen molar-refractivity contribution in [2.75, 3.05) is 25.5 Å². The Balaban J connectivity index is 2.92. The number of benzene rings is 1. The highest BCUT2D eigenvalue weighted by Crippen LogP contribution is 2.20. The molecule has 0 radical (unpaired) electrons. The first kappa shape index (κ1) is 17.4. The number of para-hydroxylation sites is 1. The summed E-state index contributed by atoms with van der Waals surface area (Å²) in [6.07, 6.45) is -0.371. The van der Waals surface area contributed by atoms with Gasteiger partial charge in [-0.05, 0) is 18.6 Å². The summed E-state index contributed by atoms with van der Waals surface area (Å²) in [4.78, 5) is 11.0. The van der Waals surface area contributed by atoms with Crippen LogP contribution in [0.4, 0.5) is 5.69 Å². The van der Waals surface area contributed by atoms with Crippen molar-refractivity contribution < 1.29 is 23.1 Å². The third-order valence-electron chi connectivity index (χ3n) is 2.76. The summed E-state index contributed by atoms with van der Waals surface area (Å²) in [7, 11) is -2.35. The molecule has 0 aliphatic rings. The Morgan fingerprint density at radius 1 is 1.38 bits per heavy atom. The van der Waals surface area contributed by atoms with Crippen molar-refractivity contribution >= 4 is 21.7 Å². The molecule has 1 aromatic rings. The maximum absolute atomic E-state index is 12.2. The molecule has 3 N–H and O–H groups in total. The average molecular weight is 316 g/mol. The van der Waals surface area contributed by atoms with Gasteiger partial charge in [-0.2, -0.15) is 0 Å². The molecule has 0 aromatic heterocycles. The zero-order valence-corrected chi connectivity index (χ0v) is 12.8. The van der Waals surface area contributed by atoms with Gasteiger partial charge in [0.05, 0.1) is 12.2 Å². The van der Waals surface area contributed by atoms with E-state index in [0.29, 0.717) is 18.7 Å². The molecule has 0 aliphatic heterocycles. The molecular formula is C13H20N2O5S. The van der Waals surface area contributed by atoms with Crippen LogP contribution >= 0.6 is 0 Å². The molecule has 0 saturated carbocycles. The Labute approximate surface area is 124 Å². The minimum Gasteiger partial charge on any atom is -0.479 e. The van der Waals surface area contributed by atoms with Crippen LogP contribution in [0.25, 0.3) is 0 Å². The quantitative estimate of drug-likeness (QED) is 0.625. The van der Waals surface area contributed by atoms with Crippen molar-refractivity contribution in [2.45, 2.75) is 24.3 Å². The van der Waals surface area contributed by atoms with Crippen LogP contribution in [0.1, 0.15) is 13.3 Å². The summed E-state index contributed by atoms with van der Waals surface area (Å²) < 4.78 is 31.6. The Morgan fingerprint density at radius 2 is 2.05 bits per heavy atom. The first-order valence-electron chi connectivity index (χ1n) is 6.50. The molecule has 21 heavy (non-hydrogen) atoms. The zero-order valence-electron chi connectivity index (χ0n) is 12.0. The number of carbonyl (C=O) groups is 1.